The van der Waals surface area contributed by atoms with Gasteiger partial charge >= 0.3 is 0 Å². The molecule has 2 N–H and O–H groups in total. The van der Waals surface area contributed by atoms with E-state index in [2.05, 4.69) is 15.2 Å². The second-order valence-electron chi connectivity index (χ2n) is 13.4. The van der Waals surface area contributed by atoms with Crippen molar-refractivity contribution >= 4 is 51.1 Å². The van der Waals surface area contributed by atoms with Gasteiger partial charge in [-0.1, -0.05) is 25.0 Å². The normalized spacial score (nSPS) is 18.2. The second-order valence-corrected chi connectivity index (χ2v) is 14.5. The van der Waals surface area contributed by atoms with Crippen LogP contribution in [-0.2, 0) is 24.2 Å². The Labute approximate surface area is 284 Å². The van der Waals surface area contributed by atoms with Gasteiger partial charge in [-0.25, -0.2) is 4.98 Å². The Morgan fingerprint density at radius 1 is 1.04 bits per heavy atom. The van der Waals surface area contributed by atoms with Gasteiger partial charge in [0.05, 0.1) is 44.0 Å². The molecule has 1 aliphatic heterocycles. The van der Waals surface area contributed by atoms with Gasteiger partial charge in [0.2, 0.25) is 5.91 Å². The molecule has 3 heterocycles. The molecule has 2 aromatic heterocycles. The number of aryl methyl sites for hydroxylation is 1. The third-order valence-electron chi connectivity index (χ3n) is 10.1. The first kappa shape index (κ1) is 30.7. The van der Waals surface area contributed by atoms with Crippen LogP contribution < -0.4 is 25.0 Å². The van der Waals surface area contributed by atoms with Crippen LogP contribution in [0, 0.1) is 11.8 Å². The van der Waals surface area contributed by atoms with Gasteiger partial charge in [-0.05, 0) is 79.8 Å². The van der Waals surface area contributed by atoms with E-state index in [1.165, 1.54) is 17.7 Å². The second kappa shape index (κ2) is 12.4. The van der Waals surface area contributed by atoms with Crippen molar-refractivity contribution in [3.63, 3.8) is 0 Å². The molecule has 8 rings (SSSR count). The topological polar surface area (TPSA) is 115 Å². The van der Waals surface area contributed by atoms with Crippen LogP contribution in [0.1, 0.15) is 89.3 Å². The maximum atomic E-state index is 14.3. The van der Waals surface area contributed by atoms with Crippen molar-refractivity contribution in [2.24, 2.45) is 11.8 Å². The summed E-state index contributed by atoms with van der Waals surface area (Å²) in [4.78, 5) is 48.5. The number of benzene rings is 2. The van der Waals surface area contributed by atoms with Gasteiger partial charge in [0.1, 0.15) is 22.3 Å². The summed E-state index contributed by atoms with van der Waals surface area (Å²) in [5.41, 5.74) is 4.50. The summed E-state index contributed by atoms with van der Waals surface area (Å²) < 4.78 is 13.0. The summed E-state index contributed by atoms with van der Waals surface area (Å²) in [5.74, 6) is 2.70. The molecule has 2 saturated carbocycles. The molecule has 2 fully saturated rings. The van der Waals surface area contributed by atoms with Gasteiger partial charge in [0, 0.05) is 30.8 Å². The number of hydrogen-bond acceptors (Lipinski definition) is 8. The molecule has 11 heteroatoms. The molecular formula is C37H41N5O5S. The Kier molecular flexibility index (Phi) is 7.94. The number of hydrogen-bond donors (Lipinski definition) is 2. The lowest BCUT2D eigenvalue weighted by atomic mass is 9.89. The predicted octanol–water partition coefficient (Wildman–Crippen LogP) is 7.56. The maximum absolute atomic E-state index is 14.3. The molecular weight excluding hydrogens is 627 g/mol. The zero-order chi connectivity index (χ0) is 32.9. The SMILES string of the molecule is COc1ccc(CN2C(=O)c3ncn([C@H]4CCc5sc(NC(=O)C6CC6)c(C(=O)CCC6CC6)c5C4)c3Nc3cc(OC)ccc32)cc1.[HH]. The van der Waals surface area contributed by atoms with Gasteiger partial charge in [0.15, 0.2) is 11.5 Å². The number of thiophene rings is 1. The van der Waals surface area contributed by atoms with Crippen molar-refractivity contribution < 1.29 is 25.3 Å². The maximum Gasteiger partial charge on any atom is 0.281 e. The molecule has 0 spiro atoms. The minimum atomic E-state index is -0.205. The lowest BCUT2D eigenvalue weighted by Gasteiger charge is -2.26. The highest BCUT2D eigenvalue weighted by molar-refractivity contribution is 7.17. The summed E-state index contributed by atoms with van der Waals surface area (Å²) in [6.07, 6.45) is 9.60. The fraction of sp³-hybridized carbons (Fsp3) is 0.405. The molecule has 4 aliphatic rings. The van der Waals surface area contributed by atoms with E-state index in [4.69, 9.17) is 14.5 Å². The number of aromatic nitrogens is 2. The molecule has 0 saturated heterocycles. The Balaban J connectivity index is 0.00000378. The fourth-order valence-electron chi connectivity index (χ4n) is 6.94. The molecule has 48 heavy (non-hydrogen) atoms. The number of carbonyl (C=O) groups is 3. The molecule has 2 amide bonds. The first-order chi connectivity index (χ1) is 23.4. The number of ketones is 1. The fourth-order valence-corrected chi connectivity index (χ4v) is 8.21. The average Bonchev–Trinajstić information content (AvgIpc) is 4.04. The Hall–Kier alpha value is -4.64. The minimum Gasteiger partial charge on any atom is -0.497 e. The lowest BCUT2D eigenvalue weighted by molar-refractivity contribution is -0.117. The van der Waals surface area contributed by atoms with Crippen LogP contribution in [0.4, 0.5) is 22.2 Å². The molecule has 0 radical (unpaired) electrons. The highest BCUT2D eigenvalue weighted by atomic mass is 32.1. The van der Waals surface area contributed by atoms with Gasteiger partial charge in [-0.15, -0.1) is 11.3 Å². The molecule has 10 nitrogen and oxygen atoms in total. The number of amides is 2. The highest BCUT2D eigenvalue weighted by Crippen LogP contribution is 2.46. The van der Waals surface area contributed by atoms with E-state index in [-0.39, 0.29) is 31.0 Å². The summed E-state index contributed by atoms with van der Waals surface area (Å²) in [7, 11) is 3.26. The zero-order valence-corrected chi connectivity index (χ0v) is 28.0. The monoisotopic (exact) mass is 667 g/mol. The van der Waals surface area contributed by atoms with E-state index in [0.29, 0.717) is 53.1 Å². The number of rotatable bonds is 11. The number of nitrogens with one attached hydrogen (secondary N) is 2. The van der Waals surface area contributed by atoms with E-state index in [0.717, 1.165) is 60.4 Å². The molecule has 4 aromatic rings. The van der Waals surface area contributed by atoms with Crippen molar-refractivity contribution in [2.45, 2.75) is 70.4 Å². The lowest BCUT2D eigenvalue weighted by Crippen LogP contribution is -2.30. The van der Waals surface area contributed by atoms with Crippen LogP contribution in [0.2, 0.25) is 0 Å². The number of Topliss-reactive ketones (excluding diaryl/α,β-unsaturated/α-hetero) is 1. The minimum absolute atomic E-state index is 0. The third kappa shape index (κ3) is 5.85. The van der Waals surface area contributed by atoms with Gasteiger partial charge in [0.25, 0.3) is 5.91 Å². The van der Waals surface area contributed by atoms with Crippen LogP contribution in [0.25, 0.3) is 0 Å². The van der Waals surface area contributed by atoms with E-state index < -0.39 is 0 Å². The van der Waals surface area contributed by atoms with Crippen LogP contribution >= 0.6 is 11.3 Å². The largest absolute Gasteiger partial charge is 0.497 e. The number of methoxy groups -OCH3 is 2. The van der Waals surface area contributed by atoms with Gasteiger partial charge in [-0.3, -0.25) is 14.4 Å². The molecule has 0 bridgehead atoms. The van der Waals surface area contributed by atoms with Crippen LogP contribution in [0.5, 0.6) is 11.5 Å². The highest BCUT2D eigenvalue weighted by Gasteiger charge is 2.37. The molecule has 3 aliphatic carbocycles. The number of anilines is 4. The standard InChI is InChI=1S/C37H39N5O5S.H2/c1-46-25-11-5-22(6-12-25)19-41-29-14-13-26(47-2)18-28(29)39-34-33(37(41)45)38-20-42(34)24-10-16-31-27(17-24)32(30(43)15-7-21-3-4-21)36(48-31)40-35(44)23-8-9-23;/h5-6,11-14,18,20-21,23-24,39H,3-4,7-10,15-17,19H2,1-2H3,(H,40,44);1H/t24-;/m0./s1. The molecule has 250 valence electrons. The van der Waals surface area contributed by atoms with Gasteiger partial charge in [-0.2, -0.15) is 0 Å². The quantitative estimate of drug-likeness (QED) is 0.159. The molecule has 2 aromatic carbocycles. The predicted molar refractivity (Wildman–Crippen MR) is 187 cm³/mol. The number of fused-ring (bicyclic) bond motifs is 3. The first-order valence-electron chi connectivity index (χ1n) is 16.9. The number of carbonyl (C=O) groups excluding carboxylic acids is 3. The molecule has 1 atom stereocenters. The van der Waals surface area contributed by atoms with Crippen LogP contribution in [0.15, 0.2) is 48.8 Å². The average molecular weight is 668 g/mol. The summed E-state index contributed by atoms with van der Waals surface area (Å²) in [6, 6.07) is 13.3. The van der Waals surface area contributed by atoms with E-state index in [9.17, 15) is 14.4 Å². The van der Waals surface area contributed by atoms with Crippen molar-refractivity contribution in [2.75, 3.05) is 29.8 Å². The number of ether oxygens (including phenoxy) is 2. The molecule has 0 unspecified atom stereocenters. The van der Waals surface area contributed by atoms with E-state index in [1.807, 2.05) is 42.5 Å². The Bertz CT molecular complexity index is 1910. The third-order valence-corrected chi connectivity index (χ3v) is 11.3. The number of imidazole rings is 1. The summed E-state index contributed by atoms with van der Waals surface area (Å²) in [5, 5.41) is 7.41. The first-order valence-corrected chi connectivity index (χ1v) is 17.7. The smallest absolute Gasteiger partial charge is 0.281 e. The van der Waals surface area contributed by atoms with Crippen molar-refractivity contribution in [1.82, 2.24) is 9.55 Å². The number of nitrogens with zero attached hydrogens (tertiary/aromatic N) is 3. The Morgan fingerprint density at radius 2 is 1.81 bits per heavy atom. The summed E-state index contributed by atoms with van der Waals surface area (Å²) in [6.45, 7) is 0.347. The van der Waals surface area contributed by atoms with Gasteiger partial charge < -0.3 is 29.6 Å². The van der Waals surface area contributed by atoms with Crippen LogP contribution in [-0.4, -0.2) is 41.4 Å². The van der Waals surface area contributed by atoms with Crippen molar-refractivity contribution in [3.05, 3.63) is 76.1 Å². The Morgan fingerprint density at radius 3 is 2.54 bits per heavy atom. The van der Waals surface area contributed by atoms with E-state index in [1.54, 1.807) is 36.8 Å². The zero-order valence-electron chi connectivity index (χ0n) is 27.2. The van der Waals surface area contributed by atoms with E-state index >= 15 is 0 Å². The summed E-state index contributed by atoms with van der Waals surface area (Å²) >= 11 is 1.57. The van der Waals surface area contributed by atoms with Crippen molar-refractivity contribution in [1.29, 1.82) is 0 Å². The van der Waals surface area contributed by atoms with Crippen LogP contribution in [0.3, 0.4) is 0 Å². The van der Waals surface area contributed by atoms with Crippen molar-refractivity contribution in [3.8, 4) is 11.5 Å².